The van der Waals surface area contributed by atoms with Crippen LogP contribution in [-0.2, 0) is 13.1 Å². The quantitative estimate of drug-likeness (QED) is 0.759. The van der Waals surface area contributed by atoms with E-state index in [-0.39, 0.29) is 0 Å². The molecule has 0 radical (unpaired) electrons. The second kappa shape index (κ2) is 5.30. The maximum atomic E-state index is 5.73. The van der Waals surface area contributed by atoms with E-state index in [0.717, 1.165) is 16.8 Å². The van der Waals surface area contributed by atoms with Crippen molar-refractivity contribution in [3.05, 3.63) is 59.3 Å². The summed E-state index contributed by atoms with van der Waals surface area (Å²) in [6.45, 7) is 3.24. The zero-order valence-corrected chi connectivity index (χ0v) is 11.4. The molecule has 5 nitrogen and oxygen atoms in total. The highest BCUT2D eigenvalue weighted by atomic mass is 15.3. The average molecular weight is 267 g/mol. The average Bonchev–Trinajstić information content (AvgIpc) is 2.87. The lowest BCUT2D eigenvalue weighted by Gasteiger charge is -2.07. The van der Waals surface area contributed by atoms with E-state index in [1.54, 1.807) is 4.52 Å². The summed E-state index contributed by atoms with van der Waals surface area (Å²) in [5.41, 5.74) is 10.0. The van der Waals surface area contributed by atoms with Gasteiger partial charge in [0.15, 0.2) is 5.65 Å². The van der Waals surface area contributed by atoms with Crippen LogP contribution >= 0.6 is 0 Å². The van der Waals surface area contributed by atoms with Gasteiger partial charge in [-0.05, 0) is 29.7 Å². The molecule has 3 aromatic rings. The molecule has 0 atom stereocenters. The smallest absolute Gasteiger partial charge is 0.243 e. The Balaban J connectivity index is 1.79. The number of benzene rings is 1. The molecule has 0 amide bonds. The maximum absolute atomic E-state index is 5.73. The third-order valence-electron chi connectivity index (χ3n) is 3.25. The molecule has 2 heterocycles. The molecule has 0 bridgehead atoms. The second-order valence-electron chi connectivity index (χ2n) is 4.77. The number of aromatic nitrogens is 3. The van der Waals surface area contributed by atoms with Gasteiger partial charge in [-0.2, -0.15) is 4.98 Å². The summed E-state index contributed by atoms with van der Waals surface area (Å²) < 4.78 is 1.78. The van der Waals surface area contributed by atoms with E-state index in [2.05, 4.69) is 21.5 Å². The highest BCUT2D eigenvalue weighted by Gasteiger charge is 2.04. The molecule has 102 valence electrons. The van der Waals surface area contributed by atoms with Gasteiger partial charge >= 0.3 is 0 Å². The molecule has 0 saturated heterocycles. The third-order valence-corrected chi connectivity index (χ3v) is 3.25. The molecule has 0 spiro atoms. The van der Waals surface area contributed by atoms with Crippen LogP contribution in [-0.4, -0.2) is 14.6 Å². The molecule has 0 fully saturated rings. The Kier molecular flexibility index (Phi) is 3.35. The molecule has 0 aliphatic heterocycles. The van der Waals surface area contributed by atoms with E-state index in [1.807, 2.05) is 43.5 Å². The number of pyridine rings is 1. The molecule has 2 aromatic heterocycles. The maximum Gasteiger partial charge on any atom is 0.243 e. The van der Waals surface area contributed by atoms with Crippen LogP contribution in [0.2, 0.25) is 0 Å². The first-order valence-corrected chi connectivity index (χ1v) is 6.60. The molecule has 0 aliphatic carbocycles. The SMILES string of the molecule is Cc1ccc2nc(NCc3ccccc3CN)nn2c1. The van der Waals surface area contributed by atoms with Gasteiger partial charge in [-0.1, -0.05) is 30.3 Å². The number of fused-ring (bicyclic) bond motifs is 1. The van der Waals surface area contributed by atoms with Crippen LogP contribution < -0.4 is 11.1 Å². The van der Waals surface area contributed by atoms with Crippen LogP contribution in [0.25, 0.3) is 5.65 Å². The lowest BCUT2D eigenvalue weighted by molar-refractivity contribution is 0.936. The Morgan fingerprint density at radius 2 is 1.95 bits per heavy atom. The van der Waals surface area contributed by atoms with Crippen molar-refractivity contribution >= 4 is 11.6 Å². The molecule has 0 aliphatic rings. The van der Waals surface area contributed by atoms with Crippen LogP contribution in [0.3, 0.4) is 0 Å². The van der Waals surface area contributed by atoms with Crippen molar-refractivity contribution in [2.75, 3.05) is 5.32 Å². The first-order chi connectivity index (χ1) is 9.76. The number of anilines is 1. The molecule has 0 saturated carbocycles. The van der Waals surface area contributed by atoms with Gasteiger partial charge in [0.25, 0.3) is 0 Å². The molecule has 0 unspecified atom stereocenters. The topological polar surface area (TPSA) is 68.2 Å². The van der Waals surface area contributed by atoms with E-state index >= 15 is 0 Å². The molecule has 5 heteroatoms. The molecule has 3 rings (SSSR count). The van der Waals surface area contributed by atoms with Crippen molar-refractivity contribution < 1.29 is 0 Å². The van der Waals surface area contributed by atoms with E-state index < -0.39 is 0 Å². The summed E-state index contributed by atoms with van der Waals surface area (Å²) in [6.07, 6.45) is 1.96. The summed E-state index contributed by atoms with van der Waals surface area (Å²) in [5, 5.41) is 7.65. The molecule has 3 N–H and O–H groups in total. The van der Waals surface area contributed by atoms with Crippen molar-refractivity contribution in [2.24, 2.45) is 5.73 Å². The minimum Gasteiger partial charge on any atom is -0.349 e. The fraction of sp³-hybridized carbons (Fsp3) is 0.200. The number of nitrogens with one attached hydrogen (secondary N) is 1. The minimum atomic E-state index is 0.537. The molecular weight excluding hydrogens is 250 g/mol. The Hall–Kier alpha value is -2.40. The van der Waals surface area contributed by atoms with Crippen molar-refractivity contribution in [3.8, 4) is 0 Å². The largest absolute Gasteiger partial charge is 0.349 e. The van der Waals surface area contributed by atoms with Crippen molar-refractivity contribution in [1.82, 2.24) is 14.6 Å². The highest BCUT2D eigenvalue weighted by Crippen LogP contribution is 2.11. The predicted molar refractivity (Wildman–Crippen MR) is 79.4 cm³/mol. The lowest BCUT2D eigenvalue weighted by Crippen LogP contribution is -2.07. The first kappa shape index (κ1) is 12.6. The molecule has 20 heavy (non-hydrogen) atoms. The van der Waals surface area contributed by atoms with Gasteiger partial charge in [0.2, 0.25) is 5.95 Å². The Morgan fingerprint density at radius 1 is 1.15 bits per heavy atom. The van der Waals surface area contributed by atoms with E-state index in [1.165, 1.54) is 5.56 Å². The van der Waals surface area contributed by atoms with Gasteiger partial charge in [0.1, 0.15) is 0 Å². The van der Waals surface area contributed by atoms with Gasteiger partial charge in [-0.25, -0.2) is 4.52 Å². The fourth-order valence-electron chi connectivity index (χ4n) is 2.16. The minimum absolute atomic E-state index is 0.537. The summed E-state index contributed by atoms with van der Waals surface area (Å²) in [4.78, 5) is 4.43. The number of nitrogens with two attached hydrogens (primary N) is 1. The highest BCUT2D eigenvalue weighted by molar-refractivity contribution is 5.44. The lowest BCUT2D eigenvalue weighted by atomic mass is 10.1. The number of hydrogen-bond acceptors (Lipinski definition) is 4. The van der Waals surface area contributed by atoms with Gasteiger partial charge in [0, 0.05) is 19.3 Å². The number of hydrogen-bond donors (Lipinski definition) is 2. The van der Waals surface area contributed by atoms with Crippen LogP contribution in [0.1, 0.15) is 16.7 Å². The zero-order valence-electron chi connectivity index (χ0n) is 11.4. The van der Waals surface area contributed by atoms with Crippen molar-refractivity contribution in [2.45, 2.75) is 20.0 Å². The standard InChI is InChI=1S/C15H17N5/c1-11-6-7-14-18-15(19-20(14)10-11)17-9-13-5-3-2-4-12(13)8-16/h2-7,10H,8-9,16H2,1H3,(H,17,19). The predicted octanol–water partition coefficient (Wildman–Crippen LogP) is 2.11. The van der Waals surface area contributed by atoms with Gasteiger partial charge in [-0.3, -0.25) is 0 Å². The summed E-state index contributed by atoms with van der Waals surface area (Å²) >= 11 is 0. The Bertz CT molecular complexity index is 732. The van der Waals surface area contributed by atoms with Crippen molar-refractivity contribution in [1.29, 1.82) is 0 Å². The normalized spacial score (nSPS) is 10.9. The number of rotatable bonds is 4. The van der Waals surface area contributed by atoms with Crippen LogP contribution in [0.4, 0.5) is 5.95 Å². The third kappa shape index (κ3) is 2.48. The monoisotopic (exact) mass is 267 g/mol. The summed E-state index contributed by atoms with van der Waals surface area (Å²) in [5.74, 6) is 0.627. The fourth-order valence-corrected chi connectivity index (χ4v) is 2.16. The second-order valence-corrected chi connectivity index (χ2v) is 4.77. The van der Waals surface area contributed by atoms with Crippen LogP contribution in [0, 0.1) is 6.92 Å². The van der Waals surface area contributed by atoms with Crippen LogP contribution in [0.5, 0.6) is 0 Å². The van der Waals surface area contributed by atoms with E-state index in [4.69, 9.17) is 5.73 Å². The number of aryl methyl sites for hydroxylation is 1. The zero-order chi connectivity index (χ0) is 13.9. The Labute approximate surface area is 117 Å². The van der Waals surface area contributed by atoms with Gasteiger partial charge < -0.3 is 11.1 Å². The van der Waals surface area contributed by atoms with Gasteiger partial charge in [0.05, 0.1) is 0 Å². The summed E-state index contributed by atoms with van der Waals surface area (Å²) in [6, 6.07) is 12.1. The van der Waals surface area contributed by atoms with Crippen LogP contribution in [0.15, 0.2) is 42.6 Å². The number of nitrogens with zero attached hydrogens (tertiary/aromatic N) is 3. The van der Waals surface area contributed by atoms with Crippen molar-refractivity contribution in [3.63, 3.8) is 0 Å². The first-order valence-electron chi connectivity index (χ1n) is 6.60. The van der Waals surface area contributed by atoms with E-state index in [9.17, 15) is 0 Å². The Morgan fingerprint density at radius 3 is 2.75 bits per heavy atom. The molecule has 1 aromatic carbocycles. The van der Waals surface area contributed by atoms with E-state index in [0.29, 0.717) is 19.0 Å². The molecular formula is C15H17N5. The summed E-state index contributed by atoms with van der Waals surface area (Å²) in [7, 11) is 0. The van der Waals surface area contributed by atoms with Gasteiger partial charge in [-0.15, -0.1) is 5.10 Å².